The molecule has 0 atom stereocenters. The van der Waals surface area contributed by atoms with Crippen LogP contribution in [-0.2, 0) is 13.5 Å². The van der Waals surface area contributed by atoms with Crippen molar-refractivity contribution < 1.29 is 5.11 Å². The molecule has 0 bridgehead atoms. The molecule has 0 radical (unpaired) electrons. The van der Waals surface area contributed by atoms with E-state index in [9.17, 15) is 5.11 Å². The molecule has 20 heavy (non-hydrogen) atoms. The van der Waals surface area contributed by atoms with Crippen LogP contribution in [0.3, 0.4) is 0 Å². The summed E-state index contributed by atoms with van der Waals surface area (Å²) in [5.74, 6) is 1.92. The number of pyridine rings is 1. The van der Waals surface area contributed by atoms with Gasteiger partial charge in [0.25, 0.3) is 0 Å². The highest BCUT2D eigenvalue weighted by molar-refractivity contribution is 5.92. The number of hydrogen-bond acceptors (Lipinski definition) is 5. The monoisotopic (exact) mass is 269 g/mol. The Bertz CT molecular complexity index is 737. The average molecular weight is 269 g/mol. The summed E-state index contributed by atoms with van der Waals surface area (Å²) in [4.78, 5) is 4.32. The Morgan fingerprint density at radius 3 is 3.00 bits per heavy atom. The number of fused-ring (bicyclic) bond motifs is 1. The van der Waals surface area contributed by atoms with Gasteiger partial charge in [0, 0.05) is 31.6 Å². The second-order valence-electron chi connectivity index (χ2n) is 4.60. The number of nitrogens with zero attached hydrogens (tertiary/aromatic N) is 4. The van der Waals surface area contributed by atoms with Crippen LogP contribution in [0, 0.1) is 0 Å². The van der Waals surface area contributed by atoms with E-state index in [4.69, 9.17) is 0 Å². The minimum absolute atomic E-state index is 0.238. The Morgan fingerprint density at radius 1 is 1.30 bits per heavy atom. The minimum atomic E-state index is 0.238. The fourth-order valence-electron chi connectivity index (χ4n) is 2.12. The average Bonchev–Trinajstić information content (AvgIpc) is 2.85. The van der Waals surface area contributed by atoms with E-state index in [1.54, 1.807) is 24.7 Å². The molecule has 2 N–H and O–H groups in total. The van der Waals surface area contributed by atoms with Crippen LogP contribution in [0.4, 0.5) is 5.82 Å². The molecule has 0 aliphatic carbocycles. The van der Waals surface area contributed by atoms with Crippen LogP contribution >= 0.6 is 0 Å². The van der Waals surface area contributed by atoms with E-state index in [-0.39, 0.29) is 5.75 Å². The van der Waals surface area contributed by atoms with Gasteiger partial charge in [-0.3, -0.25) is 0 Å². The number of hydrogen-bond donors (Lipinski definition) is 2. The van der Waals surface area contributed by atoms with E-state index < -0.39 is 0 Å². The van der Waals surface area contributed by atoms with Crippen molar-refractivity contribution in [2.24, 2.45) is 7.05 Å². The second kappa shape index (κ2) is 5.16. The van der Waals surface area contributed by atoms with Crippen molar-refractivity contribution in [3.8, 4) is 5.75 Å². The lowest BCUT2D eigenvalue weighted by atomic mass is 10.1. The SMILES string of the molecule is Cn1cnnc1CCNc1nccc2ccc(O)cc12. The maximum Gasteiger partial charge on any atom is 0.134 e. The summed E-state index contributed by atoms with van der Waals surface area (Å²) in [6.45, 7) is 0.703. The zero-order valence-electron chi connectivity index (χ0n) is 11.1. The third-order valence-electron chi connectivity index (χ3n) is 3.20. The minimum Gasteiger partial charge on any atom is -0.508 e. The number of phenols is 1. The Morgan fingerprint density at radius 2 is 2.20 bits per heavy atom. The number of aromatic nitrogens is 4. The Kier molecular flexibility index (Phi) is 3.20. The zero-order chi connectivity index (χ0) is 13.9. The van der Waals surface area contributed by atoms with Gasteiger partial charge in [0.1, 0.15) is 23.7 Å². The number of rotatable bonds is 4. The smallest absolute Gasteiger partial charge is 0.134 e. The lowest BCUT2D eigenvalue weighted by Gasteiger charge is -2.08. The van der Waals surface area contributed by atoms with Gasteiger partial charge in [-0.05, 0) is 23.6 Å². The highest BCUT2D eigenvalue weighted by Gasteiger charge is 2.04. The molecule has 0 saturated heterocycles. The molecular formula is C14H15N5O. The van der Waals surface area contributed by atoms with Gasteiger partial charge in [-0.25, -0.2) is 4.98 Å². The van der Waals surface area contributed by atoms with Crippen LogP contribution < -0.4 is 5.32 Å². The van der Waals surface area contributed by atoms with Crippen molar-refractivity contribution in [2.75, 3.05) is 11.9 Å². The first-order chi connectivity index (χ1) is 9.74. The topological polar surface area (TPSA) is 75.9 Å². The summed E-state index contributed by atoms with van der Waals surface area (Å²) in [7, 11) is 1.92. The van der Waals surface area contributed by atoms with Crippen molar-refractivity contribution >= 4 is 16.6 Å². The van der Waals surface area contributed by atoms with Crippen LogP contribution in [-0.4, -0.2) is 31.4 Å². The molecule has 3 rings (SSSR count). The van der Waals surface area contributed by atoms with Crippen molar-refractivity contribution in [2.45, 2.75) is 6.42 Å². The van der Waals surface area contributed by atoms with E-state index in [1.165, 1.54) is 0 Å². The first-order valence-electron chi connectivity index (χ1n) is 6.38. The molecule has 0 aliphatic heterocycles. The maximum absolute atomic E-state index is 9.59. The molecular weight excluding hydrogens is 254 g/mol. The summed E-state index contributed by atoms with van der Waals surface area (Å²) in [6, 6.07) is 7.18. The zero-order valence-corrected chi connectivity index (χ0v) is 11.1. The molecule has 2 aromatic heterocycles. The third kappa shape index (κ3) is 2.40. The summed E-state index contributed by atoms with van der Waals surface area (Å²) < 4.78 is 1.89. The van der Waals surface area contributed by atoms with Crippen molar-refractivity contribution in [3.63, 3.8) is 0 Å². The van der Waals surface area contributed by atoms with Gasteiger partial charge in [0.05, 0.1) is 0 Å². The molecule has 6 heteroatoms. The Balaban J connectivity index is 1.77. The number of nitrogens with one attached hydrogen (secondary N) is 1. The second-order valence-corrected chi connectivity index (χ2v) is 4.60. The maximum atomic E-state index is 9.59. The van der Waals surface area contributed by atoms with E-state index in [2.05, 4.69) is 20.5 Å². The molecule has 3 aromatic rings. The highest BCUT2D eigenvalue weighted by atomic mass is 16.3. The summed E-state index contributed by atoms with van der Waals surface area (Å²) in [5, 5.41) is 22.7. The number of anilines is 1. The van der Waals surface area contributed by atoms with Crippen molar-refractivity contribution in [1.29, 1.82) is 0 Å². The molecule has 0 aliphatic rings. The standard InChI is InChI=1S/C14H15N5O/c1-19-9-17-18-13(19)5-7-16-14-12-8-11(20)3-2-10(12)4-6-15-14/h2-4,6,8-9,20H,5,7H2,1H3,(H,15,16). The normalized spacial score (nSPS) is 10.8. The quantitative estimate of drug-likeness (QED) is 0.754. The van der Waals surface area contributed by atoms with Gasteiger partial charge in [-0.15, -0.1) is 10.2 Å². The molecule has 1 aromatic carbocycles. The lowest BCUT2D eigenvalue weighted by molar-refractivity contribution is 0.476. The Hall–Kier alpha value is -2.63. The van der Waals surface area contributed by atoms with Crippen molar-refractivity contribution in [1.82, 2.24) is 19.7 Å². The van der Waals surface area contributed by atoms with Crippen LogP contribution in [0.25, 0.3) is 10.8 Å². The van der Waals surface area contributed by atoms with Crippen LogP contribution in [0.15, 0.2) is 36.8 Å². The highest BCUT2D eigenvalue weighted by Crippen LogP contribution is 2.24. The first-order valence-corrected chi connectivity index (χ1v) is 6.38. The van der Waals surface area contributed by atoms with E-state index >= 15 is 0 Å². The number of aromatic hydroxyl groups is 1. The van der Waals surface area contributed by atoms with Crippen LogP contribution in [0.5, 0.6) is 5.75 Å². The molecule has 0 fully saturated rings. The molecule has 0 unspecified atom stereocenters. The number of phenolic OH excluding ortho intramolecular Hbond substituents is 1. The molecule has 0 saturated carbocycles. The van der Waals surface area contributed by atoms with Gasteiger partial charge in [-0.1, -0.05) is 6.07 Å². The van der Waals surface area contributed by atoms with E-state index in [1.807, 2.05) is 23.7 Å². The predicted molar refractivity (Wildman–Crippen MR) is 76.6 cm³/mol. The summed E-state index contributed by atoms with van der Waals surface area (Å²) in [5.41, 5.74) is 0. The van der Waals surface area contributed by atoms with Gasteiger partial charge in [0.2, 0.25) is 0 Å². The summed E-state index contributed by atoms with van der Waals surface area (Å²) >= 11 is 0. The fourth-order valence-corrected chi connectivity index (χ4v) is 2.12. The number of aryl methyl sites for hydroxylation is 1. The lowest BCUT2D eigenvalue weighted by Crippen LogP contribution is -2.09. The van der Waals surface area contributed by atoms with Gasteiger partial charge < -0.3 is 15.0 Å². The third-order valence-corrected chi connectivity index (χ3v) is 3.20. The van der Waals surface area contributed by atoms with E-state index in [0.29, 0.717) is 6.54 Å². The predicted octanol–water partition coefficient (Wildman–Crippen LogP) is 1.72. The molecule has 102 valence electrons. The molecule has 0 amide bonds. The van der Waals surface area contributed by atoms with Gasteiger partial charge >= 0.3 is 0 Å². The molecule has 6 nitrogen and oxygen atoms in total. The van der Waals surface area contributed by atoms with E-state index in [0.717, 1.165) is 28.8 Å². The Labute approximate surface area is 116 Å². The van der Waals surface area contributed by atoms with Gasteiger partial charge in [0.15, 0.2) is 0 Å². The largest absolute Gasteiger partial charge is 0.508 e. The number of benzene rings is 1. The first kappa shape index (κ1) is 12.4. The fraction of sp³-hybridized carbons (Fsp3) is 0.214. The van der Waals surface area contributed by atoms with Crippen molar-refractivity contribution in [3.05, 3.63) is 42.6 Å². The molecule has 0 spiro atoms. The van der Waals surface area contributed by atoms with Crippen LogP contribution in [0.2, 0.25) is 0 Å². The summed E-state index contributed by atoms with van der Waals surface area (Å²) in [6.07, 6.45) is 4.20. The van der Waals surface area contributed by atoms with Crippen LogP contribution in [0.1, 0.15) is 5.82 Å². The molecule has 2 heterocycles. The van der Waals surface area contributed by atoms with Gasteiger partial charge in [-0.2, -0.15) is 0 Å².